The Labute approximate surface area is 581 Å². The zero-order chi connectivity index (χ0) is 72.8. The Morgan fingerprint density at radius 2 is 1.09 bits per heavy atom. The van der Waals surface area contributed by atoms with Gasteiger partial charge in [-0.25, -0.2) is 0 Å². The lowest BCUT2D eigenvalue weighted by Gasteiger charge is -2.64. The Kier molecular flexibility index (Phi) is 24.1. The van der Waals surface area contributed by atoms with Gasteiger partial charge in [-0.15, -0.1) is 0 Å². The normalized spacial score (nSPS) is 51.3. The highest BCUT2D eigenvalue weighted by molar-refractivity contribution is 5.83. The molecule has 11 rings (SSSR count). The zero-order valence-electron chi connectivity index (χ0n) is 58.7. The molecule has 37 atom stereocenters. The third kappa shape index (κ3) is 13.9. The van der Waals surface area contributed by atoms with Gasteiger partial charge >= 0.3 is 11.9 Å². The molecule has 7 heterocycles. The zero-order valence-corrected chi connectivity index (χ0v) is 58.7. The Balaban J connectivity index is 0.828. The van der Waals surface area contributed by atoms with Gasteiger partial charge in [0.1, 0.15) is 140 Å². The van der Waals surface area contributed by atoms with Gasteiger partial charge in [-0.1, -0.05) is 53.2 Å². The molecule has 0 amide bonds. The van der Waals surface area contributed by atoms with Crippen LogP contribution in [0, 0.1) is 45.3 Å². The van der Waals surface area contributed by atoms with E-state index < -0.39 is 239 Å². The van der Waals surface area contributed by atoms with E-state index in [-0.39, 0.29) is 41.0 Å². The molecule has 4 aliphatic carbocycles. The van der Waals surface area contributed by atoms with Crippen molar-refractivity contribution < 1.29 is 157 Å². The van der Waals surface area contributed by atoms with E-state index in [0.29, 0.717) is 38.5 Å². The summed E-state index contributed by atoms with van der Waals surface area (Å²) < 4.78 is 96.2. The number of carbonyl (C=O) groups is 2. The molecule has 100 heavy (non-hydrogen) atoms. The molecular formula is C68H110O32. The topological polar surface area (TPSA) is 465 Å². The van der Waals surface area contributed by atoms with E-state index in [1.165, 1.54) is 33.6 Å². The third-order valence-corrected chi connectivity index (χ3v) is 24.7. The fraction of sp³-hybridized carbons (Fsp3) is 0.941. The van der Waals surface area contributed by atoms with Crippen LogP contribution in [0.15, 0.2) is 11.6 Å². The molecule has 0 aromatic heterocycles. The average molecular weight is 1440 g/mol. The van der Waals surface area contributed by atoms with Gasteiger partial charge in [-0.3, -0.25) is 9.59 Å². The van der Waals surface area contributed by atoms with Crippen LogP contribution in [0.3, 0.4) is 0 Å². The first-order chi connectivity index (χ1) is 47.2. The second-order valence-corrected chi connectivity index (χ2v) is 31.4. The van der Waals surface area contributed by atoms with Crippen LogP contribution in [0.4, 0.5) is 0 Å². The van der Waals surface area contributed by atoms with Gasteiger partial charge in [-0.05, 0) is 93.8 Å². The highest BCUT2D eigenvalue weighted by Gasteiger charge is 2.77. The Bertz CT molecular complexity index is 2800. The number of esters is 2. The summed E-state index contributed by atoms with van der Waals surface area (Å²) in [7, 11) is 2.40. The number of methoxy groups -OCH3 is 2. The SMILES string of the molecule is COC1C(O)[C@H](OC2C(O)[C@H](O[C@@H]3CO[C@@H](O[C@H]4CC[C@]5(C)[C@@H]6CCC78C(=O)O[C@@](C)(C[C@H](CC(C)C)OC(C)=O)[C@H]7CC[C@@]8(C)C6=CC[C@H]5C4(C)C)C(O[C@@H]4OC(C)[C@@H](O[C@@H]5OC[C@@H](O)C(O[C@@H]6OC(CO)[C@@H](O)C(OC)C6O)C5O)C(O)C4O)C3O)OC(CO)[C@H]2O)OC(CO)[C@H]1O. The molecule has 1 spiro atoms. The van der Waals surface area contributed by atoms with E-state index in [2.05, 4.69) is 47.6 Å². The molecule has 0 aromatic rings. The standard InChI is InChI=1S/C68H110O32/c1-27(2)20-30(90-29(4)72)21-67(9)39-15-18-66(8)32-12-13-38-64(5,6)40(16-17-65(38,7)31(32)14-19-68(39,66)63(84)100-67)95-62-56(44(77)37(26-88-62)94-59-50(83)55(43(76)36(24-71)91-59)98-61-49(82)54(86-11)42(75)35(23-70)93-61)99-58-46(79)45(78)51(28(3)89-58)96-57-47(80)52(33(73)25-87-57)97-60-48(81)53(85-10)41(74)34(22-69)92-60/h12,27-28,30-31,33-62,69-71,73-83H,13-26H2,1-11H3/t28?,30-,31+,33+,34?,35?,36?,37+,38-,39+,40-,41+,42+,43+,44?,45?,46?,47?,48?,49?,50?,51+,52?,53?,54?,55?,56?,57-,58-,59-,60-,61-,62-,65+,66-,67-,68?/m0/s1. The highest BCUT2D eigenvalue weighted by Crippen LogP contribution is 2.76. The molecule has 3 saturated carbocycles. The van der Waals surface area contributed by atoms with E-state index in [4.69, 9.17) is 75.8 Å². The van der Waals surface area contributed by atoms with Crippen molar-refractivity contribution >= 4 is 11.9 Å². The van der Waals surface area contributed by atoms with Crippen LogP contribution in [0.1, 0.15) is 120 Å². The van der Waals surface area contributed by atoms with Gasteiger partial charge in [0.15, 0.2) is 37.7 Å². The summed E-state index contributed by atoms with van der Waals surface area (Å²) >= 11 is 0. The molecule has 7 saturated heterocycles. The first kappa shape index (κ1) is 78.6. The summed E-state index contributed by atoms with van der Waals surface area (Å²) in [6, 6.07) is 0. The maximum absolute atomic E-state index is 14.8. The lowest BCUT2D eigenvalue weighted by atomic mass is 9.41. The minimum atomic E-state index is -2.02. The van der Waals surface area contributed by atoms with Crippen LogP contribution >= 0.6 is 0 Å². The summed E-state index contributed by atoms with van der Waals surface area (Å²) in [5, 5.41) is 156. The number of aliphatic hydroxyl groups is 14. The molecule has 10 fully saturated rings. The van der Waals surface area contributed by atoms with Gasteiger partial charge in [0.2, 0.25) is 0 Å². The van der Waals surface area contributed by atoms with Crippen LogP contribution in [0.5, 0.6) is 0 Å². The van der Waals surface area contributed by atoms with Crippen LogP contribution in [0.25, 0.3) is 0 Å². The average Bonchev–Trinajstić information content (AvgIpc) is 1.47. The molecule has 14 N–H and O–H groups in total. The van der Waals surface area contributed by atoms with E-state index in [9.17, 15) is 81.1 Å². The third-order valence-electron chi connectivity index (χ3n) is 24.7. The molecule has 0 bridgehead atoms. The number of aliphatic hydroxyl groups excluding tert-OH is 14. The molecule has 32 nitrogen and oxygen atoms in total. The Morgan fingerprint density at radius 3 is 1.67 bits per heavy atom. The first-order valence-corrected chi connectivity index (χ1v) is 35.4. The Morgan fingerprint density at radius 1 is 0.560 bits per heavy atom. The first-order valence-electron chi connectivity index (χ1n) is 35.4. The van der Waals surface area contributed by atoms with E-state index in [0.717, 1.165) is 19.3 Å². The quantitative estimate of drug-likeness (QED) is 0.0384. The summed E-state index contributed by atoms with van der Waals surface area (Å²) in [6.45, 7) is 14.5. The monoisotopic (exact) mass is 1440 g/mol. The van der Waals surface area contributed by atoms with E-state index in [1.54, 1.807) is 0 Å². The number of allylic oxidation sites excluding steroid dienone is 2. The number of ether oxygens (including phenoxy) is 16. The second kappa shape index (κ2) is 30.7. The highest BCUT2D eigenvalue weighted by atomic mass is 16.8. The predicted octanol–water partition coefficient (Wildman–Crippen LogP) is -2.82. The molecule has 17 unspecified atom stereocenters. The van der Waals surface area contributed by atoms with Crippen molar-refractivity contribution in [2.45, 2.75) is 310 Å². The Hall–Kier alpha value is -2.44. The summed E-state index contributed by atoms with van der Waals surface area (Å²) in [5.41, 5.74) is -1.80. The minimum Gasteiger partial charge on any atom is -0.462 e. The van der Waals surface area contributed by atoms with E-state index in [1.807, 2.05) is 6.92 Å². The maximum atomic E-state index is 14.8. The molecule has 0 radical (unpaired) electrons. The van der Waals surface area contributed by atoms with Crippen molar-refractivity contribution in [3.05, 3.63) is 11.6 Å². The van der Waals surface area contributed by atoms with Crippen molar-refractivity contribution in [1.29, 1.82) is 0 Å². The van der Waals surface area contributed by atoms with Crippen LogP contribution in [-0.4, -0.2) is 321 Å². The summed E-state index contributed by atoms with van der Waals surface area (Å²) in [4.78, 5) is 27.2. The van der Waals surface area contributed by atoms with Crippen LogP contribution in [0.2, 0.25) is 0 Å². The van der Waals surface area contributed by atoms with E-state index >= 15 is 0 Å². The summed E-state index contributed by atoms with van der Waals surface area (Å²) in [6.07, 6.45) is -38.9. The van der Waals surface area contributed by atoms with Gasteiger partial charge in [0.05, 0.1) is 50.7 Å². The minimum absolute atomic E-state index is 0.0151. The predicted molar refractivity (Wildman–Crippen MR) is 335 cm³/mol. The van der Waals surface area contributed by atoms with Crippen molar-refractivity contribution in [1.82, 2.24) is 0 Å². The van der Waals surface area contributed by atoms with Crippen LogP contribution in [-0.2, 0) is 85.4 Å². The molecular weight excluding hydrogens is 1330 g/mol. The smallest absolute Gasteiger partial charge is 0.313 e. The van der Waals surface area contributed by atoms with Gasteiger partial charge in [0, 0.05) is 38.9 Å². The summed E-state index contributed by atoms with van der Waals surface area (Å²) in [5.74, 6) is -0.347. The van der Waals surface area contributed by atoms with Crippen molar-refractivity contribution in [2.75, 3.05) is 47.3 Å². The molecule has 32 heteroatoms. The number of hydrogen-bond acceptors (Lipinski definition) is 32. The van der Waals surface area contributed by atoms with Crippen molar-refractivity contribution in [3.8, 4) is 0 Å². The number of fused-ring (bicyclic) bond motifs is 4. The van der Waals surface area contributed by atoms with Gasteiger partial charge < -0.3 is 147 Å². The van der Waals surface area contributed by atoms with Gasteiger partial charge in [-0.2, -0.15) is 0 Å². The van der Waals surface area contributed by atoms with Crippen LogP contribution < -0.4 is 0 Å². The lowest BCUT2D eigenvalue weighted by molar-refractivity contribution is -0.394. The van der Waals surface area contributed by atoms with Crippen molar-refractivity contribution in [2.24, 2.45) is 45.3 Å². The molecule has 7 aliphatic heterocycles. The van der Waals surface area contributed by atoms with Crippen molar-refractivity contribution in [3.63, 3.8) is 0 Å². The fourth-order valence-corrected chi connectivity index (χ4v) is 19.6. The largest absolute Gasteiger partial charge is 0.462 e. The number of cyclic esters (lactones) is 1. The molecule has 574 valence electrons. The maximum Gasteiger partial charge on any atom is 0.313 e. The number of carbonyl (C=O) groups excluding carboxylic acids is 2. The fourth-order valence-electron chi connectivity index (χ4n) is 19.6. The molecule has 11 aliphatic rings. The second-order valence-electron chi connectivity index (χ2n) is 31.4. The number of hydrogen-bond donors (Lipinski definition) is 14. The number of rotatable bonds is 22. The van der Waals surface area contributed by atoms with Gasteiger partial charge in [0.25, 0.3) is 0 Å². The lowest BCUT2D eigenvalue weighted by Crippen LogP contribution is -2.67. The molecule has 0 aromatic carbocycles.